The van der Waals surface area contributed by atoms with E-state index < -0.39 is 0 Å². The van der Waals surface area contributed by atoms with Crippen molar-refractivity contribution in [2.24, 2.45) is 5.92 Å². The molecule has 2 rings (SSSR count). The highest BCUT2D eigenvalue weighted by Crippen LogP contribution is 2.18. The SMILES string of the molecule is COCCNCCNC(=O)C1CCCN(C(=O)c2ccccc2)C1. The van der Waals surface area contributed by atoms with Crippen molar-refractivity contribution >= 4 is 11.8 Å². The average molecular weight is 333 g/mol. The second kappa shape index (κ2) is 10.1. The number of carbonyl (C=O) groups is 2. The Bertz CT molecular complexity index is 522. The van der Waals surface area contributed by atoms with Crippen molar-refractivity contribution in [2.45, 2.75) is 12.8 Å². The summed E-state index contributed by atoms with van der Waals surface area (Å²) < 4.78 is 4.95. The molecule has 24 heavy (non-hydrogen) atoms. The topological polar surface area (TPSA) is 70.7 Å². The first-order valence-corrected chi connectivity index (χ1v) is 8.54. The number of rotatable bonds is 8. The van der Waals surface area contributed by atoms with E-state index in [4.69, 9.17) is 4.74 Å². The molecule has 1 aromatic rings. The van der Waals surface area contributed by atoms with Crippen molar-refractivity contribution in [3.8, 4) is 0 Å². The summed E-state index contributed by atoms with van der Waals surface area (Å²) >= 11 is 0. The third-order valence-electron chi connectivity index (χ3n) is 4.18. The summed E-state index contributed by atoms with van der Waals surface area (Å²) in [6.07, 6.45) is 1.70. The maximum atomic E-state index is 12.5. The zero-order chi connectivity index (χ0) is 17.2. The van der Waals surface area contributed by atoms with Gasteiger partial charge in [-0.1, -0.05) is 18.2 Å². The second-order valence-electron chi connectivity index (χ2n) is 5.99. The van der Waals surface area contributed by atoms with E-state index in [2.05, 4.69) is 10.6 Å². The predicted molar refractivity (Wildman–Crippen MR) is 92.8 cm³/mol. The van der Waals surface area contributed by atoms with Gasteiger partial charge in [0.05, 0.1) is 12.5 Å². The fourth-order valence-corrected chi connectivity index (χ4v) is 2.86. The Kier molecular flexibility index (Phi) is 7.71. The molecule has 0 radical (unpaired) electrons. The van der Waals surface area contributed by atoms with Gasteiger partial charge >= 0.3 is 0 Å². The minimum atomic E-state index is -0.120. The smallest absolute Gasteiger partial charge is 0.253 e. The van der Waals surface area contributed by atoms with Crippen molar-refractivity contribution in [3.63, 3.8) is 0 Å². The first-order valence-electron chi connectivity index (χ1n) is 8.54. The van der Waals surface area contributed by atoms with Crippen LogP contribution in [0.2, 0.25) is 0 Å². The predicted octanol–water partition coefficient (Wildman–Crippen LogP) is 0.891. The summed E-state index contributed by atoms with van der Waals surface area (Å²) in [5.74, 6) is -0.0752. The highest BCUT2D eigenvalue weighted by Gasteiger charge is 2.28. The minimum Gasteiger partial charge on any atom is -0.383 e. The maximum Gasteiger partial charge on any atom is 0.253 e. The highest BCUT2D eigenvalue weighted by atomic mass is 16.5. The monoisotopic (exact) mass is 333 g/mol. The third kappa shape index (κ3) is 5.62. The van der Waals surface area contributed by atoms with E-state index in [-0.39, 0.29) is 17.7 Å². The normalized spacial score (nSPS) is 17.5. The van der Waals surface area contributed by atoms with E-state index in [1.807, 2.05) is 30.3 Å². The Labute approximate surface area is 143 Å². The summed E-state index contributed by atoms with van der Waals surface area (Å²) in [5.41, 5.74) is 0.681. The molecule has 0 bridgehead atoms. The van der Waals surface area contributed by atoms with E-state index in [0.717, 1.165) is 25.9 Å². The van der Waals surface area contributed by atoms with Crippen LogP contribution < -0.4 is 10.6 Å². The molecular weight excluding hydrogens is 306 g/mol. The van der Waals surface area contributed by atoms with Gasteiger partial charge in [0.1, 0.15) is 0 Å². The Morgan fingerprint density at radius 1 is 1.21 bits per heavy atom. The number of amides is 2. The molecule has 0 saturated carbocycles. The summed E-state index contributed by atoms with van der Waals surface area (Å²) in [5, 5.41) is 6.14. The van der Waals surface area contributed by atoms with Crippen LogP contribution in [0.25, 0.3) is 0 Å². The Balaban J connectivity index is 1.76. The number of benzene rings is 1. The van der Waals surface area contributed by atoms with Crippen molar-refractivity contribution in [1.29, 1.82) is 0 Å². The molecular formula is C18H27N3O3. The molecule has 132 valence electrons. The molecule has 6 heteroatoms. The van der Waals surface area contributed by atoms with Crippen LogP contribution in [0.3, 0.4) is 0 Å². The summed E-state index contributed by atoms with van der Waals surface area (Å²) in [6, 6.07) is 9.25. The lowest BCUT2D eigenvalue weighted by atomic mass is 9.96. The lowest BCUT2D eigenvalue weighted by Gasteiger charge is -2.32. The zero-order valence-corrected chi connectivity index (χ0v) is 14.3. The largest absolute Gasteiger partial charge is 0.383 e. The van der Waals surface area contributed by atoms with Crippen LogP contribution >= 0.6 is 0 Å². The van der Waals surface area contributed by atoms with Crippen LogP contribution in [0.15, 0.2) is 30.3 Å². The highest BCUT2D eigenvalue weighted by molar-refractivity contribution is 5.94. The zero-order valence-electron chi connectivity index (χ0n) is 14.3. The standard InChI is InChI=1S/C18H27N3O3/c1-24-13-11-19-9-10-20-17(22)16-8-5-12-21(14-16)18(23)15-6-3-2-4-7-15/h2-4,6-7,16,19H,5,8-14H2,1H3,(H,20,22). The van der Waals surface area contributed by atoms with Crippen LogP contribution in [0.4, 0.5) is 0 Å². The number of nitrogens with zero attached hydrogens (tertiary/aromatic N) is 1. The van der Waals surface area contributed by atoms with Crippen LogP contribution in [-0.2, 0) is 9.53 Å². The minimum absolute atomic E-state index is 0.00864. The molecule has 0 spiro atoms. The Morgan fingerprint density at radius 3 is 2.75 bits per heavy atom. The third-order valence-corrected chi connectivity index (χ3v) is 4.18. The molecule has 2 N–H and O–H groups in total. The molecule has 0 aliphatic carbocycles. The van der Waals surface area contributed by atoms with E-state index >= 15 is 0 Å². The number of nitrogens with one attached hydrogen (secondary N) is 2. The van der Waals surface area contributed by atoms with Crippen molar-refractivity contribution in [2.75, 3.05) is 46.4 Å². The molecule has 1 unspecified atom stereocenters. The van der Waals surface area contributed by atoms with Crippen molar-refractivity contribution < 1.29 is 14.3 Å². The fourth-order valence-electron chi connectivity index (χ4n) is 2.86. The van der Waals surface area contributed by atoms with Gasteiger partial charge < -0.3 is 20.3 Å². The molecule has 1 heterocycles. The molecule has 1 fully saturated rings. The van der Waals surface area contributed by atoms with E-state index in [1.165, 1.54) is 0 Å². The molecule has 1 atom stereocenters. The van der Waals surface area contributed by atoms with Gasteiger partial charge in [0.15, 0.2) is 0 Å². The summed E-state index contributed by atoms with van der Waals surface area (Å²) in [4.78, 5) is 26.6. The Morgan fingerprint density at radius 2 is 2.00 bits per heavy atom. The van der Waals surface area contributed by atoms with Crippen LogP contribution in [0.1, 0.15) is 23.2 Å². The Hall–Kier alpha value is -1.92. The summed E-state index contributed by atoms with van der Waals surface area (Å²) in [7, 11) is 1.66. The van der Waals surface area contributed by atoms with Crippen LogP contribution in [0.5, 0.6) is 0 Å². The molecule has 0 aromatic heterocycles. The van der Waals surface area contributed by atoms with Gasteiger partial charge in [-0.15, -0.1) is 0 Å². The quantitative estimate of drug-likeness (QED) is 0.693. The van der Waals surface area contributed by atoms with Gasteiger partial charge in [-0.2, -0.15) is 0 Å². The first kappa shape index (κ1) is 18.4. The van der Waals surface area contributed by atoms with Crippen molar-refractivity contribution in [1.82, 2.24) is 15.5 Å². The number of hydrogen-bond acceptors (Lipinski definition) is 4. The number of methoxy groups -OCH3 is 1. The number of carbonyl (C=O) groups excluding carboxylic acids is 2. The number of likely N-dealkylation sites (tertiary alicyclic amines) is 1. The maximum absolute atomic E-state index is 12.5. The second-order valence-corrected chi connectivity index (χ2v) is 5.99. The molecule has 1 aliphatic heterocycles. The number of ether oxygens (including phenoxy) is 1. The number of hydrogen-bond donors (Lipinski definition) is 2. The lowest BCUT2D eigenvalue weighted by molar-refractivity contribution is -0.126. The summed E-state index contributed by atoms with van der Waals surface area (Å²) in [6.45, 7) is 3.95. The molecule has 2 amide bonds. The van der Waals surface area contributed by atoms with Gasteiger partial charge in [0, 0.05) is 45.4 Å². The van der Waals surface area contributed by atoms with Gasteiger partial charge in [0.25, 0.3) is 5.91 Å². The van der Waals surface area contributed by atoms with Crippen molar-refractivity contribution in [3.05, 3.63) is 35.9 Å². The molecule has 6 nitrogen and oxygen atoms in total. The van der Waals surface area contributed by atoms with Gasteiger partial charge in [-0.25, -0.2) is 0 Å². The molecule has 1 aliphatic rings. The first-order chi connectivity index (χ1) is 11.7. The van der Waals surface area contributed by atoms with Gasteiger partial charge in [-0.3, -0.25) is 9.59 Å². The molecule has 1 saturated heterocycles. The molecule has 1 aromatic carbocycles. The van der Waals surface area contributed by atoms with E-state index in [1.54, 1.807) is 12.0 Å². The lowest BCUT2D eigenvalue weighted by Crippen LogP contribution is -2.46. The van der Waals surface area contributed by atoms with Gasteiger partial charge in [0.2, 0.25) is 5.91 Å². The number of piperidine rings is 1. The van der Waals surface area contributed by atoms with Crippen LogP contribution in [-0.4, -0.2) is 63.2 Å². The fraction of sp³-hybridized carbons (Fsp3) is 0.556. The van der Waals surface area contributed by atoms with Gasteiger partial charge in [-0.05, 0) is 25.0 Å². The van der Waals surface area contributed by atoms with E-state index in [0.29, 0.717) is 31.8 Å². The average Bonchev–Trinajstić information content (AvgIpc) is 2.64. The van der Waals surface area contributed by atoms with Crippen LogP contribution in [0, 0.1) is 5.92 Å². The van der Waals surface area contributed by atoms with E-state index in [9.17, 15) is 9.59 Å².